The highest BCUT2D eigenvalue weighted by molar-refractivity contribution is 5.45. The summed E-state index contributed by atoms with van der Waals surface area (Å²) >= 11 is 0. The zero-order valence-corrected chi connectivity index (χ0v) is 11.8. The number of anilines is 1. The van der Waals surface area contributed by atoms with Crippen LogP contribution in [0.5, 0.6) is 0 Å². The lowest BCUT2D eigenvalue weighted by molar-refractivity contribution is 0.0637. The van der Waals surface area contributed by atoms with Crippen LogP contribution in [-0.2, 0) is 11.3 Å². The average Bonchev–Trinajstić information content (AvgIpc) is 3.09. The van der Waals surface area contributed by atoms with Gasteiger partial charge in [0.05, 0.1) is 18.5 Å². The van der Waals surface area contributed by atoms with Crippen LogP contribution in [0.3, 0.4) is 0 Å². The summed E-state index contributed by atoms with van der Waals surface area (Å²) in [5.74, 6) is 0. The van der Waals surface area contributed by atoms with Crippen LogP contribution < -0.4 is 5.32 Å². The van der Waals surface area contributed by atoms with Crippen molar-refractivity contribution in [3.63, 3.8) is 0 Å². The summed E-state index contributed by atoms with van der Waals surface area (Å²) in [4.78, 5) is 4.07. The Morgan fingerprint density at radius 2 is 2.35 bits per heavy atom. The maximum absolute atomic E-state index is 5.82. The minimum atomic E-state index is 0.349. The molecule has 106 valence electrons. The lowest BCUT2D eigenvalue weighted by Crippen LogP contribution is -2.19. The fourth-order valence-corrected chi connectivity index (χ4v) is 2.64. The van der Waals surface area contributed by atoms with Gasteiger partial charge < -0.3 is 14.6 Å². The van der Waals surface area contributed by atoms with Crippen molar-refractivity contribution in [2.45, 2.75) is 38.5 Å². The number of ether oxygens (including phenoxy) is 1. The Morgan fingerprint density at radius 1 is 1.40 bits per heavy atom. The molecule has 1 aromatic heterocycles. The molecule has 0 radical (unpaired) electrons. The molecule has 1 N–H and O–H groups in total. The number of nitrogens with zero attached hydrogens (tertiary/aromatic N) is 2. The zero-order chi connectivity index (χ0) is 13.8. The van der Waals surface area contributed by atoms with Gasteiger partial charge in [-0.3, -0.25) is 0 Å². The SMILES string of the molecule is CC1CCC(CNc2cccc(Cn3ccnc3)c2)O1. The van der Waals surface area contributed by atoms with Crippen LogP contribution in [0.1, 0.15) is 25.3 Å². The molecule has 2 atom stereocenters. The molecule has 0 aliphatic carbocycles. The first-order valence-electron chi connectivity index (χ1n) is 7.23. The molecule has 2 unspecified atom stereocenters. The summed E-state index contributed by atoms with van der Waals surface area (Å²) < 4.78 is 7.89. The van der Waals surface area contributed by atoms with Crippen molar-refractivity contribution in [2.24, 2.45) is 0 Å². The summed E-state index contributed by atoms with van der Waals surface area (Å²) in [6, 6.07) is 8.53. The van der Waals surface area contributed by atoms with E-state index in [1.54, 1.807) is 6.20 Å². The van der Waals surface area contributed by atoms with Crippen molar-refractivity contribution in [3.05, 3.63) is 48.5 Å². The molecule has 1 fully saturated rings. The molecule has 0 amide bonds. The third-order valence-corrected chi connectivity index (χ3v) is 3.71. The maximum Gasteiger partial charge on any atom is 0.0949 e. The predicted molar refractivity (Wildman–Crippen MR) is 79.8 cm³/mol. The first-order valence-corrected chi connectivity index (χ1v) is 7.23. The molecule has 1 aliphatic rings. The van der Waals surface area contributed by atoms with Gasteiger partial charge in [-0.05, 0) is 37.5 Å². The minimum Gasteiger partial charge on any atom is -0.382 e. The molecular formula is C16H21N3O. The molecule has 0 spiro atoms. The smallest absolute Gasteiger partial charge is 0.0949 e. The van der Waals surface area contributed by atoms with E-state index in [9.17, 15) is 0 Å². The summed E-state index contributed by atoms with van der Waals surface area (Å²) in [5, 5.41) is 3.48. The largest absolute Gasteiger partial charge is 0.382 e. The van der Waals surface area contributed by atoms with Gasteiger partial charge in [0.2, 0.25) is 0 Å². The third-order valence-electron chi connectivity index (χ3n) is 3.71. The second-order valence-electron chi connectivity index (χ2n) is 5.46. The summed E-state index contributed by atoms with van der Waals surface area (Å²) in [6.45, 7) is 3.89. The molecule has 4 nitrogen and oxygen atoms in total. The van der Waals surface area contributed by atoms with Crippen LogP contribution in [-0.4, -0.2) is 28.3 Å². The molecule has 1 aliphatic heterocycles. The van der Waals surface area contributed by atoms with E-state index >= 15 is 0 Å². The normalized spacial score (nSPS) is 22.1. The molecule has 0 bridgehead atoms. The van der Waals surface area contributed by atoms with Crippen LogP contribution >= 0.6 is 0 Å². The summed E-state index contributed by atoms with van der Waals surface area (Å²) in [6.07, 6.45) is 8.72. The highest BCUT2D eigenvalue weighted by atomic mass is 16.5. The van der Waals surface area contributed by atoms with Gasteiger partial charge in [0.15, 0.2) is 0 Å². The average molecular weight is 271 g/mol. The first kappa shape index (κ1) is 13.2. The number of rotatable bonds is 5. The van der Waals surface area contributed by atoms with Crippen molar-refractivity contribution in [1.82, 2.24) is 9.55 Å². The van der Waals surface area contributed by atoms with Gasteiger partial charge in [-0.2, -0.15) is 0 Å². The van der Waals surface area contributed by atoms with Crippen molar-refractivity contribution in [2.75, 3.05) is 11.9 Å². The van der Waals surface area contributed by atoms with Gasteiger partial charge >= 0.3 is 0 Å². The first-order chi connectivity index (χ1) is 9.79. The number of imidazole rings is 1. The Morgan fingerprint density at radius 3 is 3.10 bits per heavy atom. The van der Waals surface area contributed by atoms with Crippen molar-refractivity contribution in [3.8, 4) is 0 Å². The van der Waals surface area contributed by atoms with Crippen LogP contribution in [0.2, 0.25) is 0 Å². The maximum atomic E-state index is 5.82. The lowest BCUT2D eigenvalue weighted by atomic mass is 10.2. The van der Waals surface area contributed by atoms with Gasteiger partial charge in [0, 0.05) is 31.2 Å². The monoisotopic (exact) mass is 271 g/mol. The lowest BCUT2D eigenvalue weighted by Gasteiger charge is -2.14. The van der Waals surface area contributed by atoms with Gasteiger partial charge in [0.25, 0.3) is 0 Å². The van der Waals surface area contributed by atoms with E-state index in [0.29, 0.717) is 12.2 Å². The highest BCUT2D eigenvalue weighted by Gasteiger charge is 2.21. The van der Waals surface area contributed by atoms with E-state index in [4.69, 9.17) is 4.74 Å². The van der Waals surface area contributed by atoms with E-state index < -0.39 is 0 Å². The van der Waals surface area contributed by atoms with Crippen molar-refractivity contribution >= 4 is 5.69 Å². The summed E-state index contributed by atoms with van der Waals surface area (Å²) in [5.41, 5.74) is 2.43. The molecule has 4 heteroatoms. The zero-order valence-electron chi connectivity index (χ0n) is 11.8. The summed E-state index contributed by atoms with van der Waals surface area (Å²) in [7, 11) is 0. The number of aromatic nitrogens is 2. The van der Waals surface area contributed by atoms with Gasteiger partial charge in [0.1, 0.15) is 0 Å². The topological polar surface area (TPSA) is 39.1 Å². The van der Waals surface area contributed by atoms with E-state index in [1.807, 2.05) is 12.5 Å². The Kier molecular flexibility index (Phi) is 4.02. The van der Waals surface area contributed by atoms with Crippen LogP contribution in [0.15, 0.2) is 43.0 Å². The van der Waals surface area contributed by atoms with E-state index in [2.05, 4.69) is 46.1 Å². The second-order valence-corrected chi connectivity index (χ2v) is 5.46. The molecule has 2 aromatic rings. The Hall–Kier alpha value is -1.81. The Bertz CT molecular complexity index is 538. The Balaban J connectivity index is 1.57. The molecule has 3 rings (SSSR count). The molecular weight excluding hydrogens is 250 g/mol. The highest BCUT2D eigenvalue weighted by Crippen LogP contribution is 2.20. The van der Waals surface area contributed by atoms with E-state index in [0.717, 1.165) is 25.2 Å². The minimum absolute atomic E-state index is 0.349. The predicted octanol–water partition coefficient (Wildman–Crippen LogP) is 2.91. The number of hydrogen-bond acceptors (Lipinski definition) is 3. The van der Waals surface area contributed by atoms with Crippen molar-refractivity contribution in [1.29, 1.82) is 0 Å². The molecule has 2 heterocycles. The Labute approximate surface area is 119 Å². The van der Waals surface area contributed by atoms with E-state index in [1.165, 1.54) is 12.0 Å². The van der Waals surface area contributed by atoms with Crippen LogP contribution in [0.4, 0.5) is 5.69 Å². The van der Waals surface area contributed by atoms with Gasteiger partial charge in [-0.1, -0.05) is 12.1 Å². The van der Waals surface area contributed by atoms with Crippen LogP contribution in [0.25, 0.3) is 0 Å². The van der Waals surface area contributed by atoms with Crippen LogP contribution in [0, 0.1) is 0 Å². The second kappa shape index (κ2) is 6.09. The standard InChI is InChI=1S/C16H21N3O/c1-13-5-6-16(20-13)10-18-15-4-2-3-14(9-15)11-19-8-7-17-12-19/h2-4,7-9,12-13,16,18H,5-6,10-11H2,1H3. The number of benzene rings is 1. The number of nitrogens with one attached hydrogen (secondary N) is 1. The van der Waals surface area contributed by atoms with Gasteiger partial charge in [-0.25, -0.2) is 4.98 Å². The fraction of sp³-hybridized carbons (Fsp3) is 0.438. The molecule has 20 heavy (non-hydrogen) atoms. The van der Waals surface area contributed by atoms with Gasteiger partial charge in [-0.15, -0.1) is 0 Å². The molecule has 1 aromatic carbocycles. The van der Waals surface area contributed by atoms with E-state index in [-0.39, 0.29) is 0 Å². The molecule has 1 saturated heterocycles. The molecule has 0 saturated carbocycles. The third kappa shape index (κ3) is 3.39. The fourth-order valence-electron chi connectivity index (χ4n) is 2.64. The van der Waals surface area contributed by atoms with Crippen molar-refractivity contribution < 1.29 is 4.74 Å². The number of hydrogen-bond donors (Lipinski definition) is 1. The quantitative estimate of drug-likeness (QED) is 0.909.